The first-order chi connectivity index (χ1) is 11.2. The first-order valence-corrected chi connectivity index (χ1v) is 9.79. The van der Waals surface area contributed by atoms with E-state index >= 15 is 0 Å². The average molecular weight is 351 g/mol. The zero-order valence-electron chi connectivity index (χ0n) is 12.9. The predicted molar refractivity (Wildman–Crippen MR) is 94.7 cm³/mol. The number of nitrogens with one attached hydrogen (secondary N) is 1. The lowest BCUT2D eigenvalue weighted by Crippen LogP contribution is -2.30. The van der Waals surface area contributed by atoms with Crippen LogP contribution < -0.4 is 5.32 Å². The summed E-state index contributed by atoms with van der Waals surface area (Å²) in [6.07, 6.45) is 5.98. The summed E-state index contributed by atoms with van der Waals surface area (Å²) in [6.45, 7) is 0.252. The Labute approximate surface area is 144 Å². The number of aliphatic hydroxyl groups excluding tert-OH is 1. The molecule has 0 radical (unpaired) electrons. The molecule has 1 amide bonds. The SMILES string of the molecule is O=C(CSC1CCCC1)NCC(O)c1ccc(-c2ccco2)s1. The molecule has 23 heavy (non-hydrogen) atoms. The van der Waals surface area contributed by atoms with Gasteiger partial charge in [-0.1, -0.05) is 12.8 Å². The largest absolute Gasteiger partial charge is 0.464 e. The summed E-state index contributed by atoms with van der Waals surface area (Å²) in [5, 5.41) is 13.7. The number of thiophene rings is 1. The van der Waals surface area contributed by atoms with Crippen LogP contribution in [0, 0.1) is 0 Å². The van der Waals surface area contributed by atoms with E-state index in [0.29, 0.717) is 11.0 Å². The number of hydrogen-bond acceptors (Lipinski definition) is 5. The number of furan rings is 1. The van der Waals surface area contributed by atoms with Gasteiger partial charge in [-0.2, -0.15) is 0 Å². The van der Waals surface area contributed by atoms with E-state index in [0.717, 1.165) is 15.5 Å². The Kier molecular flexibility index (Phi) is 5.80. The molecule has 6 heteroatoms. The Hall–Kier alpha value is -1.24. The minimum absolute atomic E-state index is 0.00349. The van der Waals surface area contributed by atoms with Crippen molar-refractivity contribution in [3.05, 3.63) is 35.4 Å². The lowest BCUT2D eigenvalue weighted by atomic mass is 10.3. The summed E-state index contributed by atoms with van der Waals surface area (Å²) in [7, 11) is 0. The molecule has 2 aromatic rings. The van der Waals surface area contributed by atoms with Crippen molar-refractivity contribution in [1.82, 2.24) is 5.32 Å². The van der Waals surface area contributed by atoms with Crippen LogP contribution in [0.4, 0.5) is 0 Å². The zero-order chi connectivity index (χ0) is 16.1. The van der Waals surface area contributed by atoms with Crippen LogP contribution in [0.25, 0.3) is 10.6 Å². The standard InChI is InChI=1S/C17H21NO3S2/c19-13(10-18-17(20)11-22-12-4-1-2-5-12)15-7-8-16(23-15)14-6-3-9-21-14/h3,6-9,12-13,19H,1-2,4-5,10-11H2,(H,18,20). The van der Waals surface area contributed by atoms with Crippen molar-refractivity contribution in [2.75, 3.05) is 12.3 Å². The molecule has 0 bridgehead atoms. The maximum absolute atomic E-state index is 11.9. The number of carbonyl (C=O) groups excluding carboxylic acids is 1. The molecule has 1 aliphatic rings. The number of thioether (sulfide) groups is 1. The summed E-state index contributed by atoms with van der Waals surface area (Å²) < 4.78 is 5.35. The molecule has 2 aromatic heterocycles. The van der Waals surface area contributed by atoms with E-state index in [1.165, 1.54) is 37.0 Å². The van der Waals surface area contributed by atoms with Crippen molar-refractivity contribution in [1.29, 1.82) is 0 Å². The molecule has 3 rings (SSSR count). The topological polar surface area (TPSA) is 62.5 Å². The summed E-state index contributed by atoms with van der Waals surface area (Å²) in [5.41, 5.74) is 0. The fourth-order valence-electron chi connectivity index (χ4n) is 2.69. The van der Waals surface area contributed by atoms with Crippen molar-refractivity contribution >= 4 is 29.0 Å². The van der Waals surface area contributed by atoms with E-state index in [9.17, 15) is 9.90 Å². The third kappa shape index (κ3) is 4.62. The first-order valence-electron chi connectivity index (χ1n) is 7.92. The molecule has 0 spiro atoms. The summed E-state index contributed by atoms with van der Waals surface area (Å²) in [4.78, 5) is 13.7. The van der Waals surface area contributed by atoms with Gasteiger partial charge >= 0.3 is 0 Å². The second-order valence-electron chi connectivity index (χ2n) is 5.72. The van der Waals surface area contributed by atoms with Crippen LogP contribution in [0.5, 0.6) is 0 Å². The lowest BCUT2D eigenvalue weighted by Gasteiger charge is -2.12. The van der Waals surface area contributed by atoms with E-state index in [2.05, 4.69) is 5.32 Å². The van der Waals surface area contributed by atoms with Gasteiger partial charge in [0.25, 0.3) is 0 Å². The Bertz CT molecular complexity index is 618. The zero-order valence-corrected chi connectivity index (χ0v) is 14.5. The fourth-order valence-corrected chi connectivity index (χ4v) is 4.81. The third-order valence-corrected chi connectivity index (χ3v) is 6.54. The second-order valence-corrected chi connectivity index (χ2v) is 8.12. The molecule has 1 fully saturated rings. The maximum Gasteiger partial charge on any atom is 0.230 e. The molecule has 2 N–H and O–H groups in total. The van der Waals surface area contributed by atoms with Crippen LogP contribution in [0.15, 0.2) is 34.9 Å². The van der Waals surface area contributed by atoms with E-state index in [-0.39, 0.29) is 12.5 Å². The molecule has 1 aliphatic carbocycles. The van der Waals surface area contributed by atoms with Gasteiger partial charge in [-0.05, 0) is 37.1 Å². The van der Waals surface area contributed by atoms with Gasteiger partial charge in [0.05, 0.1) is 16.9 Å². The molecule has 1 unspecified atom stereocenters. The van der Waals surface area contributed by atoms with Crippen molar-refractivity contribution in [2.45, 2.75) is 37.0 Å². The van der Waals surface area contributed by atoms with Crippen LogP contribution in [-0.4, -0.2) is 28.6 Å². The number of aliphatic hydroxyl groups is 1. The highest BCUT2D eigenvalue weighted by molar-refractivity contribution is 8.00. The van der Waals surface area contributed by atoms with Crippen molar-refractivity contribution < 1.29 is 14.3 Å². The van der Waals surface area contributed by atoms with E-state index in [4.69, 9.17) is 4.42 Å². The monoisotopic (exact) mass is 351 g/mol. The Balaban J connectivity index is 1.43. The van der Waals surface area contributed by atoms with Gasteiger partial charge in [0.15, 0.2) is 0 Å². The molecular formula is C17H21NO3S2. The van der Waals surface area contributed by atoms with E-state index in [1.54, 1.807) is 18.0 Å². The van der Waals surface area contributed by atoms with Gasteiger partial charge < -0.3 is 14.8 Å². The second kappa shape index (κ2) is 8.04. The Morgan fingerprint density at radius 1 is 1.39 bits per heavy atom. The lowest BCUT2D eigenvalue weighted by molar-refractivity contribution is -0.119. The summed E-state index contributed by atoms with van der Waals surface area (Å²) in [6, 6.07) is 7.55. The van der Waals surface area contributed by atoms with Gasteiger partial charge in [0, 0.05) is 16.7 Å². The summed E-state index contributed by atoms with van der Waals surface area (Å²) >= 11 is 3.22. The Morgan fingerprint density at radius 3 is 2.96 bits per heavy atom. The van der Waals surface area contributed by atoms with Gasteiger partial charge in [-0.25, -0.2) is 0 Å². The average Bonchev–Trinajstić information content (AvgIpc) is 3.31. The minimum atomic E-state index is -0.677. The van der Waals surface area contributed by atoms with E-state index in [1.807, 2.05) is 24.3 Å². The number of carbonyl (C=O) groups is 1. The highest BCUT2D eigenvalue weighted by atomic mass is 32.2. The molecule has 0 aliphatic heterocycles. The fraction of sp³-hybridized carbons (Fsp3) is 0.471. The molecule has 4 nitrogen and oxygen atoms in total. The molecule has 0 saturated heterocycles. The molecular weight excluding hydrogens is 330 g/mol. The van der Waals surface area contributed by atoms with Gasteiger partial charge in [-0.3, -0.25) is 4.79 Å². The smallest absolute Gasteiger partial charge is 0.230 e. The van der Waals surface area contributed by atoms with Crippen molar-refractivity contribution in [3.63, 3.8) is 0 Å². The highest BCUT2D eigenvalue weighted by Crippen LogP contribution is 2.31. The van der Waals surface area contributed by atoms with Gasteiger partial charge in [0.2, 0.25) is 5.91 Å². The molecule has 2 heterocycles. The van der Waals surface area contributed by atoms with Crippen LogP contribution in [0.1, 0.15) is 36.7 Å². The predicted octanol–water partition coefficient (Wildman–Crippen LogP) is 3.83. The van der Waals surface area contributed by atoms with Gasteiger partial charge in [-0.15, -0.1) is 23.1 Å². The molecule has 1 atom stereocenters. The van der Waals surface area contributed by atoms with Crippen molar-refractivity contribution in [3.8, 4) is 10.6 Å². The van der Waals surface area contributed by atoms with Crippen LogP contribution in [0.2, 0.25) is 0 Å². The van der Waals surface area contributed by atoms with Crippen LogP contribution in [0.3, 0.4) is 0 Å². The Morgan fingerprint density at radius 2 is 2.22 bits per heavy atom. The molecule has 0 aromatic carbocycles. The third-order valence-electron chi connectivity index (χ3n) is 3.96. The van der Waals surface area contributed by atoms with Crippen LogP contribution >= 0.6 is 23.1 Å². The normalized spacial score (nSPS) is 16.6. The molecule has 1 saturated carbocycles. The highest BCUT2D eigenvalue weighted by Gasteiger charge is 2.18. The van der Waals surface area contributed by atoms with Gasteiger partial charge in [0.1, 0.15) is 11.9 Å². The number of rotatable bonds is 7. The van der Waals surface area contributed by atoms with Crippen molar-refractivity contribution in [2.24, 2.45) is 0 Å². The first kappa shape index (κ1) is 16.6. The number of amides is 1. The summed E-state index contributed by atoms with van der Waals surface area (Å²) in [5.74, 6) is 1.29. The van der Waals surface area contributed by atoms with E-state index < -0.39 is 6.10 Å². The number of hydrogen-bond donors (Lipinski definition) is 2. The molecule has 124 valence electrons. The minimum Gasteiger partial charge on any atom is -0.464 e. The maximum atomic E-state index is 11.9. The quantitative estimate of drug-likeness (QED) is 0.796. The van der Waals surface area contributed by atoms with Crippen LogP contribution in [-0.2, 0) is 4.79 Å².